The Hall–Kier alpha value is -2.63. The zero-order chi connectivity index (χ0) is 17.5. The van der Waals surface area contributed by atoms with Gasteiger partial charge in [-0.3, -0.25) is 9.69 Å². The molecular weight excluding hydrogens is 306 g/mol. The molecule has 1 aliphatic rings. The fourth-order valence-corrected chi connectivity index (χ4v) is 3.17. The van der Waals surface area contributed by atoms with E-state index in [1.165, 1.54) is 11.3 Å². The molecule has 6 nitrogen and oxygen atoms in total. The average Bonchev–Trinajstić information content (AvgIpc) is 3.07. The van der Waals surface area contributed by atoms with E-state index in [1.807, 2.05) is 45.0 Å². The van der Waals surface area contributed by atoms with Gasteiger partial charge in [-0.2, -0.15) is 0 Å². The van der Waals surface area contributed by atoms with Crippen LogP contribution in [-0.2, 0) is 16.9 Å². The number of urea groups is 1. The van der Waals surface area contributed by atoms with Gasteiger partial charge in [-0.1, -0.05) is 38.1 Å². The molecule has 0 aliphatic carbocycles. The summed E-state index contributed by atoms with van der Waals surface area (Å²) in [6, 6.07) is 7.16. The fraction of sp³-hybridized carbons (Fsp3) is 0.389. The molecule has 6 heteroatoms. The molecule has 0 unspecified atom stereocenters. The first-order valence-corrected chi connectivity index (χ1v) is 7.97. The van der Waals surface area contributed by atoms with E-state index < -0.39 is 11.6 Å². The van der Waals surface area contributed by atoms with E-state index in [9.17, 15) is 9.59 Å². The largest absolute Gasteiger partial charge is 0.448 e. The number of nitrogens with one attached hydrogen (secondary N) is 1. The Balaban J connectivity index is 1.92. The molecule has 0 saturated carbocycles. The van der Waals surface area contributed by atoms with Gasteiger partial charge in [-0.05, 0) is 25.0 Å². The fourth-order valence-electron chi connectivity index (χ4n) is 3.17. The number of nitrogens with zero attached hydrogens (tertiary/aromatic N) is 2. The Labute approximate surface area is 140 Å². The molecule has 1 fully saturated rings. The van der Waals surface area contributed by atoms with Crippen LogP contribution in [0.2, 0.25) is 0 Å². The van der Waals surface area contributed by atoms with Crippen LogP contribution in [0.15, 0.2) is 35.1 Å². The van der Waals surface area contributed by atoms with Crippen LogP contribution in [0, 0.1) is 6.92 Å². The molecule has 3 rings (SSSR count). The number of hydrogen-bond acceptors (Lipinski definition) is 4. The molecule has 2 aromatic rings. The van der Waals surface area contributed by atoms with Crippen molar-refractivity contribution in [1.82, 2.24) is 15.2 Å². The Kier molecular flexibility index (Phi) is 3.91. The summed E-state index contributed by atoms with van der Waals surface area (Å²) >= 11 is 0. The van der Waals surface area contributed by atoms with Crippen LogP contribution in [-0.4, -0.2) is 21.8 Å². The number of imide groups is 1. The van der Waals surface area contributed by atoms with Gasteiger partial charge in [0.15, 0.2) is 6.39 Å². The van der Waals surface area contributed by atoms with Crippen LogP contribution >= 0.6 is 0 Å². The Morgan fingerprint density at radius 1 is 1.29 bits per heavy atom. The Bertz CT molecular complexity index is 796. The number of hydrogen-bond donors (Lipinski definition) is 1. The van der Waals surface area contributed by atoms with Gasteiger partial charge in [0.1, 0.15) is 17.0 Å². The summed E-state index contributed by atoms with van der Waals surface area (Å²) in [6.07, 6.45) is 1.35. The van der Waals surface area contributed by atoms with E-state index in [-0.39, 0.29) is 18.4 Å². The van der Waals surface area contributed by atoms with Crippen molar-refractivity contribution in [3.8, 4) is 0 Å². The minimum Gasteiger partial charge on any atom is -0.448 e. The number of oxazole rings is 1. The lowest BCUT2D eigenvalue weighted by molar-refractivity contribution is -0.131. The topological polar surface area (TPSA) is 75.4 Å². The van der Waals surface area contributed by atoms with Crippen LogP contribution < -0.4 is 5.32 Å². The third-order valence-electron chi connectivity index (χ3n) is 4.46. The second-order valence-corrected chi connectivity index (χ2v) is 6.58. The smallest absolute Gasteiger partial charge is 0.325 e. The summed E-state index contributed by atoms with van der Waals surface area (Å²) in [5.41, 5.74) is 1.31. The summed E-state index contributed by atoms with van der Waals surface area (Å²) in [5.74, 6) is 0.547. The summed E-state index contributed by atoms with van der Waals surface area (Å²) in [5, 5.41) is 2.83. The highest BCUT2D eigenvalue weighted by Gasteiger charge is 2.49. The third kappa shape index (κ3) is 2.48. The molecule has 1 N–H and O–H groups in total. The number of aromatic nitrogens is 1. The zero-order valence-electron chi connectivity index (χ0n) is 14.3. The second kappa shape index (κ2) is 5.78. The molecule has 0 bridgehead atoms. The van der Waals surface area contributed by atoms with Gasteiger partial charge >= 0.3 is 6.03 Å². The number of amides is 3. The molecule has 126 valence electrons. The number of benzene rings is 1. The van der Waals surface area contributed by atoms with E-state index >= 15 is 0 Å². The zero-order valence-corrected chi connectivity index (χ0v) is 14.3. The number of carbonyl (C=O) groups is 2. The molecule has 1 aliphatic heterocycles. The molecule has 1 aromatic heterocycles. The highest BCUT2D eigenvalue weighted by Crippen LogP contribution is 2.32. The first kappa shape index (κ1) is 16.2. The van der Waals surface area contributed by atoms with E-state index in [2.05, 4.69) is 10.3 Å². The lowest BCUT2D eigenvalue weighted by atomic mass is 9.88. The van der Waals surface area contributed by atoms with Crippen molar-refractivity contribution in [3.63, 3.8) is 0 Å². The van der Waals surface area contributed by atoms with Crippen molar-refractivity contribution < 1.29 is 14.0 Å². The summed E-state index contributed by atoms with van der Waals surface area (Å²) in [4.78, 5) is 30.8. The van der Waals surface area contributed by atoms with E-state index in [1.54, 1.807) is 6.92 Å². The van der Waals surface area contributed by atoms with Crippen molar-refractivity contribution in [2.24, 2.45) is 0 Å². The quantitative estimate of drug-likeness (QED) is 0.876. The van der Waals surface area contributed by atoms with Crippen molar-refractivity contribution >= 4 is 11.9 Å². The highest BCUT2D eigenvalue weighted by molar-refractivity contribution is 6.07. The monoisotopic (exact) mass is 327 g/mol. The van der Waals surface area contributed by atoms with Crippen LogP contribution in [0.3, 0.4) is 0 Å². The molecule has 2 heterocycles. The third-order valence-corrected chi connectivity index (χ3v) is 4.46. The number of carbonyl (C=O) groups excluding carboxylic acids is 2. The standard InChI is InChI=1S/C18H21N3O3/c1-11(2)15-14(19-10-24-15)9-21-16(22)18(4,20-17(21)23)13-8-6-5-7-12(13)3/h5-8,10-11H,9H2,1-4H3,(H,20,23)/t18-/m1/s1. The molecule has 1 atom stereocenters. The van der Waals surface area contributed by atoms with E-state index in [0.29, 0.717) is 11.5 Å². The molecule has 1 saturated heterocycles. The van der Waals surface area contributed by atoms with Crippen LogP contribution in [0.4, 0.5) is 4.79 Å². The first-order valence-electron chi connectivity index (χ1n) is 7.97. The van der Waals surface area contributed by atoms with Crippen LogP contribution in [0.5, 0.6) is 0 Å². The summed E-state index contributed by atoms with van der Waals surface area (Å²) in [7, 11) is 0. The van der Waals surface area contributed by atoms with Gasteiger partial charge in [0.25, 0.3) is 5.91 Å². The van der Waals surface area contributed by atoms with Crippen LogP contribution in [0.25, 0.3) is 0 Å². The maximum Gasteiger partial charge on any atom is 0.325 e. The average molecular weight is 327 g/mol. The Morgan fingerprint density at radius 3 is 2.67 bits per heavy atom. The summed E-state index contributed by atoms with van der Waals surface area (Å²) in [6.45, 7) is 7.73. The maximum absolute atomic E-state index is 13.0. The lowest BCUT2D eigenvalue weighted by Crippen LogP contribution is -2.41. The minimum absolute atomic E-state index is 0.107. The highest BCUT2D eigenvalue weighted by atomic mass is 16.3. The number of aryl methyl sites for hydroxylation is 1. The van der Waals surface area contributed by atoms with Gasteiger partial charge < -0.3 is 9.73 Å². The van der Waals surface area contributed by atoms with Gasteiger partial charge in [0.05, 0.1) is 6.54 Å². The molecule has 0 spiro atoms. The predicted octanol–water partition coefficient (Wildman–Crippen LogP) is 3.07. The van der Waals surface area contributed by atoms with Crippen molar-refractivity contribution in [3.05, 3.63) is 53.2 Å². The maximum atomic E-state index is 13.0. The van der Waals surface area contributed by atoms with Gasteiger partial charge in [-0.15, -0.1) is 0 Å². The molecule has 1 aromatic carbocycles. The molecule has 3 amide bonds. The Morgan fingerprint density at radius 2 is 2.00 bits per heavy atom. The molecular formula is C18H21N3O3. The van der Waals surface area contributed by atoms with Gasteiger partial charge in [-0.25, -0.2) is 9.78 Å². The van der Waals surface area contributed by atoms with Gasteiger partial charge in [0, 0.05) is 5.92 Å². The minimum atomic E-state index is -1.07. The number of rotatable bonds is 4. The molecule has 24 heavy (non-hydrogen) atoms. The van der Waals surface area contributed by atoms with Crippen LogP contribution in [0.1, 0.15) is 49.3 Å². The molecule has 0 radical (unpaired) electrons. The first-order chi connectivity index (χ1) is 11.3. The van der Waals surface area contributed by atoms with Gasteiger partial charge in [0.2, 0.25) is 0 Å². The second-order valence-electron chi connectivity index (χ2n) is 6.58. The van der Waals surface area contributed by atoms with Crippen molar-refractivity contribution in [2.45, 2.75) is 45.7 Å². The van der Waals surface area contributed by atoms with E-state index in [0.717, 1.165) is 11.1 Å². The van der Waals surface area contributed by atoms with Crippen molar-refractivity contribution in [2.75, 3.05) is 0 Å². The lowest BCUT2D eigenvalue weighted by Gasteiger charge is -2.24. The predicted molar refractivity (Wildman–Crippen MR) is 88.2 cm³/mol. The van der Waals surface area contributed by atoms with E-state index in [4.69, 9.17) is 4.42 Å². The SMILES string of the molecule is Cc1ccccc1[C@@]1(C)NC(=O)N(Cc2ncoc2C(C)C)C1=O. The van der Waals surface area contributed by atoms with Crippen molar-refractivity contribution in [1.29, 1.82) is 0 Å². The summed E-state index contributed by atoms with van der Waals surface area (Å²) < 4.78 is 5.38. The normalized spacial score (nSPS) is 20.8.